The highest BCUT2D eigenvalue weighted by Crippen LogP contribution is 2.46. The molecule has 0 N–H and O–H groups in total. The Bertz CT molecular complexity index is 2770. The molecule has 0 radical (unpaired) electrons. The van der Waals surface area contributed by atoms with Crippen molar-refractivity contribution in [3.63, 3.8) is 0 Å². The number of aryl methyl sites for hydroxylation is 1. The summed E-state index contributed by atoms with van der Waals surface area (Å²) >= 11 is 7.04. The third-order valence-corrected chi connectivity index (χ3v) is 12.4. The molecule has 0 aliphatic carbocycles. The van der Waals surface area contributed by atoms with Crippen LogP contribution in [0.4, 0.5) is 34.0 Å². The third kappa shape index (κ3) is 10.4. The van der Waals surface area contributed by atoms with Gasteiger partial charge in [0.15, 0.2) is 5.82 Å². The Kier molecular flexibility index (Phi) is 13.7. The first kappa shape index (κ1) is 48.1. The molecule has 358 valence electrons. The highest BCUT2D eigenvalue weighted by Gasteiger charge is 2.40. The molecular weight excluding hydrogens is 902 g/mol. The molecule has 0 bridgehead atoms. The molecule has 0 spiro atoms. The SMILES string of the molecule is COc1ccc(CN(Cc2ccc(OC)cc2)c2cc(C)c(C(F)(F)F)c(-c3c(Cl)cc4c(N5CCN(C(=O)OC(C)(C)C)C[C@@H]5C)nc(Oc5cccc6c5CCN(C)C6)nc4c3F)n2)cc1. The molecule has 0 unspecified atom stereocenters. The van der Waals surface area contributed by atoms with Gasteiger partial charge in [0.1, 0.15) is 40.0 Å². The summed E-state index contributed by atoms with van der Waals surface area (Å²) in [6, 6.07) is 22.4. The number of anilines is 2. The van der Waals surface area contributed by atoms with E-state index in [1.54, 1.807) is 70.2 Å². The summed E-state index contributed by atoms with van der Waals surface area (Å²) < 4.78 is 87.0. The number of amides is 1. The number of fused-ring (bicyclic) bond motifs is 2. The zero-order chi connectivity index (χ0) is 48.7. The lowest BCUT2D eigenvalue weighted by Crippen LogP contribution is -2.54. The van der Waals surface area contributed by atoms with Gasteiger partial charge < -0.3 is 38.5 Å². The number of methoxy groups -OCH3 is 2. The van der Waals surface area contributed by atoms with Crippen LogP contribution >= 0.6 is 11.6 Å². The maximum absolute atomic E-state index is 17.9. The van der Waals surface area contributed by atoms with E-state index >= 15 is 17.6 Å². The number of carbonyl (C=O) groups is 1. The number of carbonyl (C=O) groups excluding carboxylic acids is 1. The van der Waals surface area contributed by atoms with Gasteiger partial charge in [-0.15, -0.1) is 0 Å². The summed E-state index contributed by atoms with van der Waals surface area (Å²) in [5.74, 6) is 1.00. The standard InChI is InChI=1S/C51H54ClF4N7O5/c1-30-24-41(62(27-32-12-16-35(65-7)17-13-32)28-33-14-18-36(66-8)19-15-33)57-46(43(30)51(54,55)56)42-39(52)25-38-45(44(42)53)58-48(67-40-11-9-10-34-29-60(6)21-20-37(34)40)59-47(38)63-23-22-61(26-31(63)2)49(64)68-50(3,4)5/h9-19,24-25,31H,20-23,26-29H2,1-8H3/t31-/m0/s1. The minimum Gasteiger partial charge on any atom is -0.497 e. The first-order valence-electron chi connectivity index (χ1n) is 22.3. The molecule has 1 atom stereocenters. The number of likely N-dealkylation sites (N-methyl/N-ethyl adjacent to an activating group) is 1. The summed E-state index contributed by atoms with van der Waals surface area (Å²) in [5, 5.41) is -0.193. The van der Waals surface area contributed by atoms with Crippen LogP contribution < -0.4 is 24.0 Å². The van der Waals surface area contributed by atoms with E-state index in [0.717, 1.165) is 28.8 Å². The molecule has 1 amide bonds. The van der Waals surface area contributed by atoms with Crippen molar-refractivity contribution in [3.8, 4) is 34.5 Å². The fraction of sp³-hybridized carbons (Fsp3) is 0.373. The van der Waals surface area contributed by atoms with E-state index in [0.29, 0.717) is 30.2 Å². The fourth-order valence-corrected chi connectivity index (χ4v) is 9.07. The lowest BCUT2D eigenvalue weighted by Gasteiger charge is -2.41. The molecule has 68 heavy (non-hydrogen) atoms. The molecule has 8 rings (SSSR count). The Hall–Kier alpha value is -6.39. The number of ether oxygens (including phenoxy) is 4. The molecule has 1 saturated heterocycles. The van der Waals surface area contributed by atoms with Crippen molar-refractivity contribution in [1.82, 2.24) is 24.8 Å². The van der Waals surface area contributed by atoms with Crippen LogP contribution in [0.25, 0.3) is 22.2 Å². The fourth-order valence-electron chi connectivity index (χ4n) is 8.79. The molecular formula is C51H54ClF4N7O5. The average molecular weight is 956 g/mol. The summed E-state index contributed by atoms with van der Waals surface area (Å²) in [6.07, 6.45) is -4.77. The van der Waals surface area contributed by atoms with Crippen LogP contribution in [0.5, 0.6) is 23.3 Å². The first-order valence-corrected chi connectivity index (χ1v) is 22.7. The second kappa shape index (κ2) is 19.3. The quantitative estimate of drug-likeness (QED) is 0.116. The number of benzene rings is 4. The van der Waals surface area contributed by atoms with E-state index in [-0.39, 0.29) is 77.9 Å². The number of alkyl halides is 3. The third-order valence-electron chi connectivity index (χ3n) is 12.1. The zero-order valence-corrected chi connectivity index (χ0v) is 40.1. The van der Waals surface area contributed by atoms with Crippen LogP contribution in [0.15, 0.2) is 78.9 Å². The summed E-state index contributed by atoms with van der Waals surface area (Å²) in [4.78, 5) is 34.8. The molecule has 2 aliphatic rings. The van der Waals surface area contributed by atoms with Crippen molar-refractivity contribution in [1.29, 1.82) is 0 Å². The molecule has 2 aromatic heterocycles. The van der Waals surface area contributed by atoms with E-state index in [9.17, 15) is 4.79 Å². The smallest absolute Gasteiger partial charge is 0.418 e. The van der Waals surface area contributed by atoms with Gasteiger partial charge in [-0.25, -0.2) is 14.2 Å². The van der Waals surface area contributed by atoms with E-state index in [1.165, 1.54) is 19.1 Å². The number of hydrogen-bond acceptors (Lipinski definition) is 11. The van der Waals surface area contributed by atoms with Gasteiger partial charge in [0.2, 0.25) is 0 Å². The Balaban J connectivity index is 1.29. The molecule has 1 fully saturated rings. The van der Waals surface area contributed by atoms with Crippen LogP contribution in [0.2, 0.25) is 5.02 Å². The monoisotopic (exact) mass is 955 g/mol. The van der Waals surface area contributed by atoms with Gasteiger partial charge >= 0.3 is 18.3 Å². The number of pyridine rings is 1. The largest absolute Gasteiger partial charge is 0.497 e. The van der Waals surface area contributed by atoms with E-state index in [2.05, 4.69) is 14.9 Å². The van der Waals surface area contributed by atoms with Crippen LogP contribution in [-0.4, -0.2) is 89.9 Å². The van der Waals surface area contributed by atoms with Gasteiger partial charge in [0, 0.05) is 62.8 Å². The molecule has 12 nitrogen and oxygen atoms in total. The Morgan fingerprint density at radius 3 is 2.12 bits per heavy atom. The number of halogens is 5. The maximum atomic E-state index is 17.9. The highest BCUT2D eigenvalue weighted by molar-refractivity contribution is 6.34. The van der Waals surface area contributed by atoms with Crippen LogP contribution in [-0.2, 0) is 37.0 Å². The molecule has 6 aromatic rings. The predicted molar refractivity (Wildman–Crippen MR) is 255 cm³/mol. The van der Waals surface area contributed by atoms with Crippen molar-refractivity contribution in [2.24, 2.45) is 0 Å². The van der Waals surface area contributed by atoms with E-state index in [1.807, 2.05) is 60.2 Å². The van der Waals surface area contributed by atoms with Gasteiger partial charge in [-0.05, 0) is 113 Å². The van der Waals surface area contributed by atoms with Crippen molar-refractivity contribution >= 4 is 40.2 Å². The van der Waals surface area contributed by atoms with E-state index in [4.69, 9.17) is 35.5 Å². The van der Waals surface area contributed by atoms with Gasteiger partial charge in [-0.1, -0.05) is 48.0 Å². The number of nitrogens with zero attached hydrogens (tertiary/aromatic N) is 7. The Morgan fingerprint density at radius 1 is 0.882 bits per heavy atom. The predicted octanol–water partition coefficient (Wildman–Crippen LogP) is 11.3. The Labute approximate surface area is 398 Å². The molecule has 4 aromatic carbocycles. The highest BCUT2D eigenvalue weighted by atomic mass is 35.5. The number of rotatable bonds is 11. The second-order valence-corrected chi connectivity index (χ2v) is 18.7. The van der Waals surface area contributed by atoms with Crippen LogP contribution in [0.1, 0.15) is 61.1 Å². The summed E-state index contributed by atoms with van der Waals surface area (Å²) in [6.45, 7) is 11.2. The van der Waals surface area contributed by atoms with Crippen LogP contribution in [0, 0.1) is 12.7 Å². The maximum Gasteiger partial charge on any atom is 0.418 e. The second-order valence-electron chi connectivity index (χ2n) is 18.3. The van der Waals surface area contributed by atoms with Crippen molar-refractivity contribution in [2.75, 3.05) is 57.2 Å². The minimum atomic E-state index is -4.97. The number of piperazine rings is 1. The normalized spacial score (nSPS) is 15.6. The molecule has 17 heteroatoms. The minimum absolute atomic E-state index is 0.139. The average Bonchev–Trinajstić information content (AvgIpc) is 3.28. The van der Waals surface area contributed by atoms with Gasteiger partial charge in [0.25, 0.3) is 0 Å². The van der Waals surface area contributed by atoms with Gasteiger partial charge in [-0.3, -0.25) is 0 Å². The zero-order valence-electron chi connectivity index (χ0n) is 39.3. The van der Waals surface area contributed by atoms with Gasteiger partial charge in [-0.2, -0.15) is 23.1 Å². The molecule has 2 aliphatic heterocycles. The van der Waals surface area contributed by atoms with Gasteiger partial charge in [0.05, 0.1) is 36.1 Å². The van der Waals surface area contributed by atoms with Crippen LogP contribution in [0.3, 0.4) is 0 Å². The number of aromatic nitrogens is 3. The topological polar surface area (TPSA) is 106 Å². The first-order chi connectivity index (χ1) is 32.3. The lowest BCUT2D eigenvalue weighted by atomic mass is 9.98. The lowest BCUT2D eigenvalue weighted by molar-refractivity contribution is -0.137. The van der Waals surface area contributed by atoms with Crippen molar-refractivity contribution in [2.45, 2.75) is 78.5 Å². The molecule has 4 heterocycles. The summed E-state index contributed by atoms with van der Waals surface area (Å²) in [7, 11) is 5.15. The number of hydrogen-bond donors (Lipinski definition) is 0. The molecule has 0 saturated carbocycles. The Morgan fingerprint density at radius 2 is 1.53 bits per heavy atom. The van der Waals surface area contributed by atoms with E-state index < -0.39 is 40.5 Å². The van der Waals surface area contributed by atoms with Crippen molar-refractivity contribution < 1.29 is 41.3 Å². The van der Waals surface area contributed by atoms with Crippen molar-refractivity contribution in [3.05, 3.63) is 123 Å². The summed E-state index contributed by atoms with van der Waals surface area (Å²) in [5.41, 5.74) is 0.000252.